The van der Waals surface area contributed by atoms with Gasteiger partial charge < -0.3 is 15.2 Å². The zero-order chi connectivity index (χ0) is 17.2. The normalized spacial score (nSPS) is 12.3. The number of guanidine groups is 1. The summed E-state index contributed by atoms with van der Waals surface area (Å²) in [5, 5.41) is 8.80. The molecule has 0 aliphatic carbocycles. The molecule has 0 aliphatic heterocycles. The van der Waals surface area contributed by atoms with Crippen LogP contribution < -0.4 is 16.2 Å². The molecule has 0 fully saturated rings. The molecule has 2 rings (SSSR count). The Labute approximate surface area is 170 Å². The first-order valence-electron chi connectivity index (χ1n) is 8.34. The summed E-state index contributed by atoms with van der Waals surface area (Å²) in [5.41, 5.74) is 0.0606. The van der Waals surface area contributed by atoms with Crippen molar-refractivity contribution in [2.24, 2.45) is 4.99 Å². The van der Waals surface area contributed by atoms with E-state index in [2.05, 4.69) is 40.1 Å². The van der Waals surface area contributed by atoms with Crippen LogP contribution in [-0.2, 0) is 6.54 Å². The first kappa shape index (κ1) is 21.7. The Morgan fingerprint density at radius 1 is 1.24 bits per heavy atom. The van der Waals surface area contributed by atoms with Gasteiger partial charge in [-0.15, -0.1) is 35.3 Å². The zero-order valence-corrected chi connectivity index (χ0v) is 17.9. The van der Waals surface area contributed by atoms with E-state index >= 15 is 0 Å². The predicted octanol–water partition coefficient (Wildman–Crippen LogP) is 3.28. The van der Waals surface area contributed by atoms with E-state index in [9.17, 15) is 4.79 Å². The highest BCUT2D eigenvalue weighted by Gasteiger charge is 2.07. The van der Waals surface area contributed by atoms with Crippen molar-refractivity contribution in [2.45, 2.75) is 32.2 Å². The molecule has 0 aromatic carbocycles. The largest absolute Gasteiger partial charge is 0.356 e. The number of aryl methyl sites for hydroxylation is 1. The van der Waals surface area contributed by atoms with E-state index in [4.69, 9.17) is 0 Å². The molecule has 2 heterocycles. The van der Waals surface area contributed by atoms with Crippen molar-refractivity contribution in [3.63, 3.8) is 0 Å². The summed E-state index contributed by atoms with van der Waals surface area (Å²) in [4.78, 5) is 17.2. The van der Waals surface area contributed by atoms with E-state index < -0.39 is 0 Å². The summed E-state index contributed by atoms with van der Waals surface area (Å²) >= 11 is 1.79. The number of hydrogen-bond donors (Lipinski definition) is 2. The second-order valence-electron chi connectivity index (χ2n) is 5.74. The van der Waals surface area contributed by atoms with Crippen LogP contribution in [0.15, 0.2) is 51.7 Å². The van der Waals surface area contributed by atoms with Gasteiger partial charge in [0.05, 0.1) is 0 Å². The lowest BCUT2D eigenvalue weighted by molar-refractivity contribution is 0.584. The molecule has 0 amide bonds. The average Bonchev–Trinajstić information content (AvgIpc) is 3.13. The van der Waals surface area contributed by atoms with Crippen molar-refractivity contribution in [3.05, 3.63) is 57.1 Å². The third-order valence-electron chi connectivity index (χ3n) is 3.85. The lowest BCUT2D eigenvalue weighted by Crippen LogP contribution is -2.39. The van der Waals surface area contributed by atoms with Crippen LogP contribution in [0, 0.1) is 0 Å². The van der Waals surface area contributed by atoms with Crippen molar-refractivity contribution in [3.8, 4) is 0 Å². The molecule has 0 saturated carbocycles. The molecule has 2 aromatic rings. The number of unbranched alkanes of at least 4 members (excludes halogenated alkanes) is 1. The fraction of sp³-hybridized carbons (Fsp3) is 0.444. The molecule has 0 aliphatic rings. The van der Waals surface area contributed by atoms with Gasteiger partial charge in [-0.05, 0) is 30.4 Å². The minimum absolute atomic E-state index is 0. The third kappa shape index (κ3) is 7.60. The Kier molecular flexibility index (Phi) is 10.5. The Morgan fingerprint density at radius 3 is 2.76 bits per heavy atom. The van der Waals surface area contributed by atoms with Crippen LogP contribution in [0.5, 0.6) is 0 Å². The van der Waals surface area contributed by atoms with Crippen LogP contribution in [0.25, 0.3) is 0 Å². The molecular weight excluding hydrogens is 447 g/mol. The summed E-state index contributed by atoms with van der Waals surface area (Å²) in [6, 6.07) is 9.51. The van der Waals surface area contributed by atoms with Gasteiger partial charge in [-0.1, -0.05) is 19.1 Å². The number of rotatable bonds is 8. The van der Waals surface area contributed by atoms with Gasteiger partial charge in [-0.25, -0.2) is 0 Å². The second-order valence-corrected chi connectivity index (χ2v) is 6.72. The first-order chi connectivity index (χ1) is 11.7. The molecule has 1 unspecified atom stereocenters. The average molecular weight is 474 g/mol. The second kappa shape index (κ2) is 12.1. The van der Waals surface area contributed by atoms with Crippen molar-refractivity contribution in [1.29, 1.82) is 0 Å². The molecule has 25 heavy (non-hydrogen) atoms. The highest BCUT2D eigenvalue weighted by molar-refractivity contribution is 14.0. The Balaban J connectivity index is 0.00000312. The lowest BCUT2D eigenvalue weighted by Gasteiger charge is -2.15. The van der Waals surface area contributed by atoms with Gasteiger partial charge in [0.15, 0.2) is 5.96 Å². The van der Waals surface area contributed by atoms with Crippen LogP contribution in [0.1, 0.15) is 30.6 Å². The van der Waals surface area contributed by atoms with Crippen molar-refractivity contribution < 1.29 is 0 Å². The quantitative estimate of drug-likeness (QED) is 0.267. The van der Waals surface area contributed by atoms with Gasteiger partial charge in [0.1, 0.15) is 0 Å². The molecule has 7 heteroatoms. The maximum Gasteiger partial charge on any atom is 0.250 e. The smallest absolute Gasteiger partial charge is 0.250 e. The van der Waals surface area contributed by atoms with E-state index in [0.29, 0.717) is 5.92 Å². The van der Waals surface area contributed by atoms with Crippen LogP contribution in [0.3, 0.4) is 0 Å². The Morgan fingerprint density at radius 2 is 2.08 bits per heavy atom. The molecule has 0 saturated heterocycles. The number of aromatic nitrogens is 1. The number of pyridine rings is 1. The highest BCUT2D eigenvalue weighted by atomic mass is 127. The van der Waals surface area contributed by atoms with Gasteiger partial charge in [0, 0.05) is 49.7 Å². The minimum Gasteiger partial charge on any atom is -0.356 e. The van der Waals surface area contributed by atoms with Gasteiger partial charge in [-0.3, -0.25) is 9.79 Å². The fourth-order valence-electron chi connectivity index (χ4n) is 2.40. The van der Waals surface area contributed by atoms with E-state index in [0.717, 1.165) is 38.4 Å². The molecule has 138 valence electrons. The predicted molar refractivity (Wildman–Crippen MR) is 117 cm³/mol. The van der Waals surface area contributed by atoms with Crippen LogP contribution >= 0.6 is 35.3 Å². The van der Waals surface area contributed by atoms with E-state index in [1.807, 2.05) is 12.3 Å². The molecule has 5 nitrogen and oxygen atoms in total. The van der Waals surface area contributed by atoms with Gasteiger partial charge >= 0.3 is 0 Å². The van der Waals surface area contributed by atoms with Crippen molar-refractivity contribution in [2.75, 3.05) is 20.1 Å². The summed E-state index contributed by atoms with van der Waals surface area (Å²) < 4.78 is 1.75. The molecule has 0 spiro atoms. The number of aliphatic imine (C=N–C) groups is 1. The fourth-order valence-corrected chi connectivity index (χ4v) is 3.19. The third-order valence-corrected chi connectivity index (χ3v) is 4.95. The van der Waals surface area contributed by atoms with Crippen molar-refractivity contribution in [1.82, 2.24) is 15.2 Å². The first-order valence-corrected chi connectivity index (χ1v) is 9.22. The number of nitrogens with zero attached hydrogens (tertiary/aromatic N) is 2. The van der Waals surface area contributed by atoms with Crippen LogP contribution in [0.2, 0.25) is 0 Å². The Bertz CT molecular complexity index is 684. The number of nitrogens with one attached hydrogen (secondary N) is 2. The topological polar surface area (TPSA) is 58.4 Å². The minimum atomic E-state index is 0. The standard InChI is InChI=1S/C18H26N4OS.HI/c1-15(16-8-7-13-24-16)14-21-18(19-2)20-10-4-6-12-22-11-5-3-9-17(22)23;/h3,5,7-9,11,13,15H,4,6,10,12,14H2,1-2H3,(H2,19,20,21);1H. The molecule has 2 N–H and O–H groups in total. The highest BCUT2D eigenvalue weighted by Crippen LogP contribution is 2.19. The molecule has 1 atom stereocenters. The van der Waals surface area contributed by atoms with E-state index in [-0.39, 0.29) is 29.5 Å². The maximum absolute atomic E-state index is 11.6. The monoisotopic (exact) mass is 474 g/mol. The molecular formula is C18H27IN4OS. The van der Waals surface area contributed by atoms with Gasteiger partial charge in [-0.2, -0.15) is 0 Å². The van der Waals surface area contributed by atoms with Crippen LogP contribution in [-0.4, -0.2) is 30.7 Å². The molecule has 0 bridgehead atoms. The summed E-state index contributed by atoms with van der Waals surface area (Å²) in [6.07, 6.45) is 3.78. The summed E-state index contributed by atoms with van der Waals surface area (Å²) in [6.45, 7) is 4.67. The zero-order valence-electron chi connectivity index (χ0n) is 14.8. The summed E-state index contributed by atoms with van der Waals surface area (Å²) in [7, 11) is 1.79. The lowest BCUT2D eigenvalue weighted by atomic mass is 10.1. The van der Waals surface area contributed by atoms with Crippen molar-refractivity contribution >= 4 is 41.3 Å². The SMILES string of the molecule is CN=C(NCCCCn1ccccc1=O)NCC(C)c1cccs1.I. The van der Waals surface area contributed by atoms with Gasteiger partial charge in [0.2, 0.25) is 5.56 Å². The van der Waals surface area contributed by atoms with Crippen LogP contribution in [0.4, 0.5) is 0 Å². The maximum atomic E-state index is 11.6. The number of thiophene rings is 1. The van der Waals surface area contributed by atoms with Gasteiger partial charge in [0.25, 0.3) is 0 Å². The molecule has 2 aromatic heterocycles. The van der Waals surface area contributed by atoms with E-state index in [1.165, 1.54) is 4.88 Å². The summed E-state index contributed by atoms with van der Waals surface area (Å²) in [5.74, 6) is 1.30. The number of halogens is 1. The Hall–Kier alpha value is -1.35. The molecule has 0 radical (unpaired) electrons. The van der Waals surface area contributed by atoms with E-state index in [1.54, 1.807) is 35.1 Å². The number of hydrogen-bond acceptors (Lipinski definition) is 3.